The van der Waals surface area contributed by atoms with Gasteiger partial charge in [0, 0.05) is 11.6 Å². The van der Waals surface area contributed by atoms with Gasteiger partial charge in [-0.25, -0.2) is 4.79 Å². The molecule has 0 saturated heterocycles. The molecule has 1 aromatic carbocycles. The van der Waals surface area contributed by atoms with Crippen molar-refractivity contribution in [1.29, 1.82) is 0 Å². The topological polar surface area (TPSA) is 51.5 Å². The molecule has 0 amide bonds. The minimum absolute atomic E-state index is 0.211. The predicted molar refractivity (Wildman–Crippen MR) is 74.7 cm³/mol. The highest BCUT2D eigenvalue weighted by Gasteiger charge is 2.20. The molecule has 2 aromatic rings. The second-order valence-electron chi connectivity index (χ2n) is 5.79. The van der Waals surface area contributed by atoms with Crippen molar-refractivity contribution in [3.63, 3.8) is 0 Å². The molecule has 1 heterocycles. The van der Waals surface area contributed by atoms with E-state index in [2.05, 4.69) is 0 Å². The molecule has 0 aliphatic heterocycles. The fraction of sp³-hybridized carbons (Fsp3) is 0.400. The van der Waals surface area contributed by atoms with Crippen molar-refractivity contribution in [2.24, 2.45) is 0 Å². The fourth-order valence-corrected chi connectivity index (χ4v) is 2.16. The Morgan fingerprint density at radius 3 is 2.47 bits per heavy atom. The molecule has 0 atom stereocenters. The van der Waals surface area contributed by atoms with Crippen LogP contribution in [0.1, 0.15) is 31.9 Å². The Bertz CT molecular complexity index is 647. The number of fused-ring (bicyclic) bond motifs is 1. The Balaban J connectivity index is 2.58. The third-order valence-corrected chi connectivity index (χ3v) is 2.91. The summed E-state index contributed by atoms with van der Waals surface area (Å²) < 4.78 is 6.80. The number of phenolic OH excluding ortho intramolecular Hbond substituents is 1. The van der Waals surface area contributed by atoms with Crippen molar-refractivity contribution in [2.45, 2.75) is 40.2 Å². The predicted octanol–water partition coefficient (Wildman–Crippen LogP) is 3.75. The first kappa shape index (κ1) is 13.5. The van der Waals surface area contributed by atoms with Gasteiger partial charge in [-0.1, -0.05) is 6.07 Å². The zero-order chi connectivity index (χ0) is 14.4. The maximum atomic E-state index is 12.1. The van der Waals surface area contributed by atoms with Gasteiger partial charge in [-0.05, 0) is 51.8 Å². The first-order chi connectivity index (χ1) is 8.70. The quantitative estimate of drug-likeness (QED) is 0.785. The number of carbonyl (C=O) groups is 1. The molecule has 0 radical (unpaired) electrons. The molecule has 0 aliphatic rings. The number of rotatable bonds is 0. The summed E-state index contributed by atoms with van der Waals surface area (Å²) in [6.07, 6.45) is 1.19. The number of carbonyl (C=O) groups excluding carboxylic acids is 1. The Morgan fingerprint density at radius 1 is 1.26 bits per heavy atom. The van der Waals surface area contributed by atoms with Gasteiger partial charge in [0.1, 0.15) is 11.4 Å². The number of aryl methyl sites for hydroxylation is 2. The van der Waals surface area contributed by atoms with Crippen LogP contribution in [-0.2, 0) is 4.74 Å². The van der Waals surface area contributed by atoms with Gasteiger partial charge < -0.3 is 9.84 Å². The molecule has 0 aliphatic carbocycles. The number of benzene rings is 1. The number of aromatic hydroxyl groups is 1. The van der Waals surface area contributed by atoms with Crippen molar-refractivity contribution in [3.05, 3.63) is 29.5 Å². The highest BCUT2D eigenvalue weighted by Crippen LogP contribution is 2.32. The molecule has 0 bridgehead atoms. The zero-order valence-corrected chi connectivity index (χ0v) is 11.9. The van der Waals surface area contributed by atoms with Crippen LogP contribution in [0.3, 0.4) is 0 Å². The van der Waals surface area contributed by atoms with E-state index in [0.29, 0.717) is 10.9 Å². The van der Waals surface area contributed by atoms with E-state index >= 15 is 0 Å². The summed E-state index contributed by atoms with van der Waals surface area (Å²) in [5, 5.41) is 10.7. The summed E-state index contributed by atoms with van der Waals surface area (Å²) in [6.45, 7) is 9.23. The molecule has 0 fully saturated rings. The number of phenols is 1. The van der Waals surface area contributed by atoms with Crippen molar-refractivity contribution in [2.75, 3.05) is 0 Å². The van der Waals surface area contributed by atoms with Gasteiger partial charge in [-0.2, -0.15) is 0 Å². The molecule has 4 nitrogen and oxygen atoms in total. The highest BCUT2D eigenvalue weighted by atomic mass is 16.6. The normalized spacial score (nSPS) is 11.8. The molecule has 0 spiro atoms. The van der Waals surface area contributed by atoms with E-state index in [1.165, 1.54) is 4.57 Å². The van der Waals surface area contributed by atoms with E-state index < -0.39 is 11.7 Å². The second-order valence-corrected chi connectivity index (χ2v) is 5.79. The van der Waals surface area contributed by atoms with E-state index in [4.69, 9.17) is 4.74 Å². The standard InChI is InChI=1S/C15H19NO3/c1-9-8-10(2)13(17)11-6-7-16(12(9)11)14(18)19-15(3,4)5/h6-8,17H,1-5H3. The molecule has 1 aromatic heterocycles. The van der Waals surface area contributed by atoms with E-state index in [1.807, 2.05) is 40.7 Å². The minimum Gasteiger partial charge on any atom is -0.507 e. The molecule has 0 saturated carbocycles. The van der Waals surface area contributed by atoms with Gasteiger partial charge in [-0.15, -0.1) is 0 Å². The maximum Gasteiger partial charge on any atom is 0.419 e. The van der Waals surface area contributed by atoms with E-state index in [-0.39, 0.29) is 5.75 Å². The minimum atomic E-state index is -0.547. The summed E-state index contributed by atoms with van der Waals surface area (Å²) in [6, 6.07) is 3.59. The monoisotopic (exact) mass is 261 g/mol. The molecular weight excluding hydrogens is 242 g/mol. The Kier molecular flexibility index (Phi) is 3.04. The lowest BCUT2D eigenvalue weighted by Crippen LogP contribution is -2.26. The van der Waals surface area contributed by atoms with Crippen molar-refractivity contribution < 1.29 is 14.6 Å². The average molecular weight is 261 g/mol. The van der Waals surface area contributed by atoms with Crippen molar-refractivity contribution in [1.82, 2.24) is 4.57 Å². The maximum absolute atomic E-state index is 12.1. The van der Waals surface area contributed by atoms with Crippen molar-refractivity contribution in [3.8, 4) is 5.75 Å². The van der Waals surface area contributed by atoms with Crippen molar-refractivity contribution >= 4 is 17.0 Å². The number of nitrogens with zero attached hydrogens (tertiary/aromatic N) is 1. The molecule has 19 heavy (non-hydrogen) atoms. The van der Waals surface area contributed by atoms with E-state index in [9.17, 15) is 9.90 Å². The van der Waals surface area contributed by atoms with Crippen LogP contribution in [0.15, 0.2) is 18.3 Å². The number of ether oxygens (including phenoxy) is 1. The Hall–Kier alpha value is -1.97. The Labute approximate surface area is 112 Å². The number of hydrogen-bond donors (Lipinski definition) is 1. The average Bonchev–Trinajstić information content (AvgIpc) is 2.68. The van der Waals surface area contributed by atoms with Crippen LogP contribution >= 0.6 is 0 Å². The lowest BCUT2D eigenvalue weighted by Gasteiger charge is -2.20. The summed E-state index contributed by atoms with van der Waals surface area (Å²) in [5.74, 6) is 0.211. The molecule has 0 unspecified atom stereocenters. The fourth-order valence-electron chi connectivity index (χ4n) is 2.16. The molecule has 4 heteroatoms. The highest BCUT2D eigenvalue weighted by molar-refractivity contribution is 5.95. The number of hydrogen-bond acceptors (Lipinski definition) is 3. The van der Waals surface area contributed by atoms with Crippen LogP contribution in [0, 0.1) is 13.8 Å². The zero-order valence-electron chi connectivity index (χ0n) is 11.9. The lowest BCUT2D eigenvalue weighted by molar-refractivity contribution is 0.0544. The van der Waals surface area contributed by atoms with Crippen LogP contribution in [-0.4, -0.2) is 21.4 Å². The van der Waals surface area contributed by atoms with Crippen LogP contribution < -0.4 is 0 Å². The summed E-state index contributed by atoms with van der Waals surface area (Å²) >= 11 is 0. The van der Waals surface area contributed by atoms with Gasteiger partial charge in [0.2, 0.25) is 0 Å². The summed E-state index contributed by atoms with van der Waals surface area (Å²) in [7, 11) is 0. The smallest absolute Gasteiger partial charge is 0.419 e. The molecule has 102 valence electrons. The largest absolute Gasteiger partial charge is 0.507 e. The molecular formula is C15H19NO3. The molecule has 2 rings (SSSR count). The summed E-state index contributed by atoms with van der Waals surface area (Å²) in [4.78, 5) is 12.1. The van der Waals surface area contributed by atoms with Crippen LogP contribution in [0.5, 0.6) is 5.75 Å². The Morgan fingerprint density at radius 2 is 1.89 bits per heavy atom. The van der Waals surface area contributed by atoms with Crippen LogP contribution in [0.4, 0.5) is 4.79 Å². The van der Waals surface area contributed by atoms with Gasteiger partial charge in [0.05, 0.1) is 5.52 Å². The van der Waals surface area contributed by atoms with Gasteiger partial charge in [0.15, 0.2) is 0 Å². The van der Waals surface area contributed by atoms with Gasteiger partial charge >= 0.3 is 6.09 Å². The van der Waals surface area contributed by atoms with E-state index in [1.54, 1.807) is 12.3 Å². The first-order valence-corrected chi connectivity index (χ1v) is 6.24. The third-order valence-electron chi connectivity index (χ3n) is 2.91. The van der Waals surface area contributed by atoms with Gasteiger partial charge in [0.25, 0.3) is 0 Å². The SMILES string of the molecule is Cc1cc(C)c2c(ccn2C(=O)OC(C)(C)C)c1O. The van der Waals surface area contributed by atoms with Crippen LogP contribution in [0.2, 0.25) is 0 Å². The van der Waals surface area contributed by atoms with Gasteiger partial charge in [-0.3, -0.25) is 4.57 Å². The lowest BCUT2D eigenvalue weighted by atomic mass is 10.1. The van der Waals surface area contributed by atoms with Crippen LogP contribution in [0.25, 0.3) is 10.9 Å². The second kappa shape index (κ2) is 4.30. The van der Waals surface area contributed by atoms with E-state index in [0.717, 1.165) is 11.1 Å². The summed E-state index contributed by atoms with van der Waals surface area (Å²) in [5.41, 5.74) is 1.87. The molecule has 1 N–H and O–H groups in total. The third kappa shape index (κ3) is 2.43. The first-order valence-electron chi connectivity index (χ1n) is 6.24. The number of aromatic nitrogens is 1.